The molecule has 0 saturated heterocycles. The zero-order valence-corrected chi connectivity index (χ0v) is 16.9. The van der Waals surface area contributed by atoms with E-state index >= 15 is 0 Å². The van der Waals surface area contributed by atoms with Crippen molar-refractivity contribution in [1.29, 1.82) is 0 Å². The van der Waals surface area contributed by atoms with Gasteiger partial charge in [0.25, 0.3) is 0 Å². The number of halogens is 1. The summed E-state index contributed by atoms with van der Waals surface area (Å²) in [7, 11) is 0. The van der Waals surface area contributed by atoms with Crippen molar-refractivity contribution in [3.05, 3.63) is 53.9 Å². The molecule has 0 bridgehead atoms. The zero-order valence-electron chi connectivity index (χ0n) is 16.2. The number of nitrogens with zero attached hydrogens (tertiary/aromatic N) is 2. The van der Waals surface area contributed by atoms with Crippen molar-refractivity contribution in [1.82, 2.24) is 15.3 Å². The molecule has 0 radical (unpaired) electrons. The molecule has 0 unspecified atom stereocenters. The van der Waals surface area contributed by atoms with E-state index in [9.17, 15) is 4.79 Å². The summed E-state index contributed by atoms with van der Waals surface area (Å²) in [5.41, 5.74) is 0.825. The van der Waals surface area contributed by atoms with Crippen LogP contribution in [0.25, 0.3) is 10.8 Å². The molecule has 1 fully saturated rings. The third-order valence-electron chi connectivity index (χ3n) is 5.11. The lowest BCUT2D eigenvalue weighted by molar-refractivity contribution is -0.120. The zero-order chi connectivity index (χ0) is 20.2. The Morgan fingerprint density at radius 2 is 1.93 bits per heavy atom. The van der Waals surface area contributed by atoms with E-state index in [1.54, 1.807) is 25.4 Å². The second-order valence-corrected chi connectivity index (χ2v) is 7.72. The summed E-state index contributed by atoms with van der Waals surface area (Å²) in [6.45, 7) is 1.57. The van der Waals surface area contributed by atoms with E-state index in [1.165, 1.54) is 0 Å². The number of anilines is 2. The Morgan fingerprint density at radius 3 is 2.66 bits per heavy atom. The first kappa shape index (κ1) is 19.5. The monoisotopic (exact) mass is 410 g/mol. The minimum absolute atomic E-state index is 0.0382. The molecule has 29 heavy (non-hydrogen) atoms. The fraction of sp³-hybridized carbons (Fsp3) is 0.318. The van der Waals surface area contributed by atoms with Gasteiger partial charge in [0, 0.05) is 24.5 Å². The van der Waals surface area contributed by atoms with E-state index in [-0.39, 0.29) is 18.1 Å². The van der Waals surface area contributed by atoms with Crippen LogP contribution in [0, 0.1) is 0 Å². The first-order valence-electron chi connectivity index (χ1n) is 9.78. The van der Waals surface area contributed by atoms with Gasteiger partial charge < -0.3 is 15.4 Å². The summed E-state index contributed by atoms with van der Waals surface area (Å²) in [4.78, 5) is 19.7. The van der Waals surface area contributed by atoms with E-state index in [4.69, 9.17) is 16.3 Å². The second-order valence-electron chi connectivity index (χ2n) is 7.33. The number of aromatic nitrogens is 2. The van der Waals surface area contributed by atoms with Gasteiger partial charge in [-0.3, -0.25) is 4.79 Å². The Labute approximate surface area is 174 Å². The molecule has 3 aromatic rings. The number of amides is 1. The van der Waals surface area contributed by atoms with Gasteiger partial charge in [-0.05, 0) is 67.5 Å². The highest BCUT2D eigenvalue weighted by Crippen LogP contribution is 2.30. The van der Waals surface area contributed by atoms with Crippen LogP contribution in [0.4, 0.5) is 11.5 Å². The van der Waals surface area contributed by atoms with Gasteiger partial charge in [-0.1, -0.05) is 11.6 Å². The average Bonchev–Trinajstić information content (AvgIpc) is 2.71. The van der Waals surface area contributed by atoms with Gasteiger partial charge in [0.15, 0.2) is 0 Å². The summed E-state index contributed by atoms with van der Waals surface area (Å²) in [5, 5.41) is 8.79. The Bertz CT molecular complexity index is 1000. The van der Waals surface area contributed by atoms with Crippen molar-refractivity contribution in [2.75, 3.05) is 5.32 Å². The number of rotatable bonds is 5. The summed E-state index contributed by atoms with van der Waals surface area (Å²) < 4.78 is 6.21. The summed E-state index contributed by atoms with van der Waals surface area (Å²) in [5.74, 6) is 1.65. The van der Waals surface area contributed by atoms with E-state index in [0.29, 0.717) is 5.15 Å². The molecule has 1 amide bonds. The van der Waals surface area contributed by atoms with Crippen molar-refractivity contribution in [2.24, 2.45) is 0 Å². The fourth-order valence-corrected chi connectivity index (χ4v) is 3.83. The van der Waals surface area contributed by atoms with Crippen LogP contribution in [0.3, 0.4) is 0 Å². The van der Waals surface area contributed by atoms with Gasteiger partial charge in [-0.15, -0.1) is 0 Å². The lowest BCUT2D eigenvalue weighted by Crippen LogP contribution is -2.38. The number of benzene rings is 1. The third-order valence-corrected chi connectivity index (χ3v) is 5.33. The molecule has 2 aromatic heterocycles. The van der Waals surface area contributed by atoms with Gasteiger partial charge in [0.2, 0.25) is 5.91 Å². The Kier molecular flexibility index (Phi) is 5.81. The Balaban J connectivity index is 1.45. The maximum Gasteiger partial charge on any atom is 0.217 e. The van der Waals surface area contributed by atoms with Crippen molar-refractivity contribution in [2.45, 2.75) is 44.8 Å². The van der Waals surface area contributed by atoms with Crippen LogP contribution >= 0.6 is 11.6 Å². The molecule has 2 heterocycles. The van der Waals surface area contributed by atoms with Crippen LogP contribution in [0.5, 0.6) is 5.75 Å². The molecule has 0 atom stereocenters. The summed E-state index contributed by atoms with van der Waals surface area (Å²) in [6.07, 6.45) is 7.41. The number of ether oxygens (including phenoxy) is 1. The van der Waals surface area contributed by atoms with E-state index in [0.717, 1.165) is 53.7 Å². The number of carbonyl (C=O) groups excluding carboxylic acids is 1. The SMILES string of the molecule is CC(=O)NC1CCC(Oc2ccc3c(Nc4ccc(Cl)nc4)nccc3c2)CC1. The average molecular weight is 411 g/mol. The highest BCUT2D eigenvalue weighted by molar-refractivity contribution is 6.29. The quantitative estimate of drug-likeness (QED) is 0.588. The van der Waals surface area contributed by atoms with Crippen LogP contribution in [-0.2, 0) is 4.79 Å². The smallest absolute Gasteiger partial charge is 0.217 e. The molecule has 150 valence electrons. The highest BCUT2D eigenvalue weighted by atomic mass is 35.5. The van der Waals surface area contributed by atoms with Gasteiger partial charge in [-0.25, -0.2) is 9.97 Å². The van der Waals surface area contributed by atoms with Crippen molar-refractivity contribution in [3.8, 4) is 5.75 Å². The minimum atomic E-state index is 0.0382. The largest absolute Gasteiger partial charge is 0.490 e. The van der Waals surface area contributed by atoms with Crippen LogP contribution in [0.1, 0.15) is 32.6 Å². The van der Waals surface area contributed by atoms with Crippen molar-refractivity contribution >= 4 is 39.8 Å². The fourth-order valence-electron chi connectivity index (χ4n) is 3.72. The molecule has 2 N–H and O–H groups in total. The molecule has 1 aliphatic carbocycles. The number of carbonyl (C=O) groups is 1. The van der Waals surface area contributed by atoms with E-state index in [1.807, 2.05) is 30.3 Å². The second kappa shape index (κ2) is 8.66. The first-order valence-corrected chi connectivity index (χ1v) is 10.2. The molecule has 6 nitrogen and oxygen atoms in total. The number of fused-ring (bicyclic) bond motifs is 1. The lowest BCUT2D eigenvalue weighted by Gasteiger charge is -2.29. The van der Waals surface area contributed by atoms with Crippen LogP contribution in [-0.4, -0.2) is 28.0 Å². The van der Waals surface area contributed by atoms with Crippen LogP contribution < -0.4 is 15.4 Å². The van der Waals surface area contributed by atoms with Gasteiger partial charge in [0.05, 0.1) is 18.0 Å². The molecule has 7 heteroatoms. The summed E-state index contributed by atoms with van der Waals surface area (Å²) in [6, 6.07) is 11.9. The molecule has 1 aromatic carbocycles. The molecular formula is C22H23ClN4O2. The molecule has 1 saturated carbocycles. The normalized spacial score (nSPS) is 19.0. The number of hydrogen-bond donors (Lipinski definition) is 2. The number of hydrogen-bond acceptors (Lipinski definition) is 5. The molecular weight excluding hydrogens is 388 g/mol. The van der Waals surface area contributed by atoms with Gasteiger partial charge >= 0.3 is 0 Å². The van der Waals surface area contributed by atoms with E-state index in [2.05, 4.69) is 20.6 Å². The van der Waals surface area contributed by atoms with Gasteiger partial charge in [-0.2, -0.15) is 0 Å². The number of pyridine rings is 2. The topological polar surface area (TPSA) is 76.1 Å². The lowest BCUT2D eigenvalue weighted by atomic mass is 9.93. The maximum atomic E-state index is 11.2. The predicted molar refractivity (Wildman–Crippen MR) is 115 cm³/mol. The molecule has 0 spiro atoms. The molecule has 4 rings (SSSR count). The standard InChI is InChI=1S/C22H23ClN4O2/c1-14(28)26-16-2-5-18(6-3-16)29-19-7-8-20-15(12-19)10-11-24-22(20)27-17-4-9-21(23)25-13-17/h4,7-13,16,18H,2-3,5-6H2,1H3,(H,24,27)(H,26,28). The molecule has 1 aliphatic rings. The maximum absolute atomic E-state index is 11.2. The van der Waals surface area contributed by atoms with E-state index < -0.39 is 0 Å². The third kappa shape index (κ3) is 4.95. The first-order chi connectivity index (χ1) is 14.1. The van der Waals surface area contributed by atoms with Crippen molar-refractivity contribution in [3.63, 3.8) is 0 Å². The van der Waals surface area contributed by atoms with Crippen LogP contribution in [0.2, 0.25) is 5.15 Å². The van der Waals surface area contributed by atoms with Gasteiger partial charge in [0.1, 0.15) is 16.7 Å². The molecule has 0 aliphatic heterocycles. The predicted octanol–water partition coefficient (Wildman–Crippen LogP) is 4.85. The Morgan fingerprint density at radius 1 is 1.10 bits per heavy atom. The highest BCUT2D eigenvalue weighted by Gasteiger charge is 2.23. The Hall–Kier alpha value is -2.86. The van der Waals surface area contributed by atoms with Crippen molar-refractivity contribution < 1.29 is 9.53 Å². The minimum Gasteiger partial charge on any atom is -0.490 e. The van der Waals surface area contributed by atoms with Crippen LogP contribution in [0.15, 0.2) is 48.8 Å². The number of nitrogens with one attached hydrogen (secondary N) is 2. The summed E-state index contributed by atoms with van der Waals surface area (Å²) >= 11 is 5.85.